The van der Waals surface area contributed by atoms with Crippen molar-refractivity contribution >= 4 is 27.5 Å². The predicted octanol–water partition coefficient (Wildman–Crippen LogP) is 4.23. The monoisotopic (exact) mass is 555 g/mol. The quantitative estimate of drug-likeness (QED) is 0.288. The maximum absolute atomic E-state index is 14.8. The molecule has 2 saturated heterocycles. The van der Waals surface area contributed by atoms with Gasteiger partial charge in [0, 0.05) is 10.9 Å². The third kappa shape index (κ3) is 4.36. The second-order valence-corrected chi connectivity index (χ2v) is 11.2. The number of ether oxygens (including phenoxy) is 2. The van der Waals surface area contributed by atoms with Crippen molar-refractivity contribution in [2.45, 2.75) is 49.8 Å². The number of aromatic nitrogens is 3. The molecule has 3 N–H and O–H groups in total. The van der Waals surface area contributed by atoms with E-state index in [1.165, 1.54) is 25.3 Å². The molecule has 1 saturated carbocycles. The summed E-state index contributed by atoms with van der Waals surface area (Å²) in [5.74, 6) is 2.57. The van der Waals surface area contributed by atoms with Crippen molar-refractivity contribution in [3.8, 4) is 41.2 Å². The fraction of sp³-hybridized carbons (Fsp3) is 0.387. The van der Waals surface area contributed by atoms with Crippen LogP contribution in [0.2, 0.25) is 0 Å². The van der Waals surface area contributed by atoms with Crippen LogP contribution in [-0.4, -0.2) is 74.6 Å². The van der Waals surface area contributed by atoms with Gasteiger partial charge in [0.25, 0.3) is 0 Å². The van der Waals surface area contributed by atoms with E-state index >= 15 is 0 Å². The summed E-state index contributed by atoms with van der Waals surface area (Å²) in [6.07, 6.45) is 10.3. The first-order valence-electron chi connectivity index (χ1n) is 13.9. The molecule has 41 heavy (non-hydrogen) atoms. The minimum Gasteiger partial charge on any atom is -0.508 e. The Morgan fingerprint density at radius 3 is 2.63 bits per heavy atom. The Bertz CT molecular complexity index is 1730. The van der Waals surface area contributed by atoms with Crippen molar-refractivity contribution in [2.24, 2.45) is 0 Å². The van der Waals surface area contributed by atoms with Crippen LogP contribution in [-0.2, 0) is 0 Å². The zero-order chi connectivity index (χ0) is 28.3. The SMILES string of the molecule is C#Cc1c(F)ccc2cc(O)cc(-c3cc4nc(OCC56CCCN5CCC6)nc(NC5CC5O)c4c(OC)n3)c12. The number of phenols is 1. The van der Waals surface area contributed by atoms with E-state index in [2.05, 4.69) is 16.1 Å². The van der Waals surface area contributed by atoms with Crippen LogP contribution in [0.15, 0.2) is 30.3 Å². The predicted molar refractivity (Wildman–Crippen MR) is 153 cm³/mol. The maximum Gasteiger partial charge on any atom is 0.319 e. The minimum absolute atomic E-state index is 0.00979. The topological polar surface area (TPSA) is 113 Å². The van der Waals surface area contributed by atoms with Gasteiger partial charge in [0.15, 0.2) is 0 Å². The normalized spacial score (nSPS) is 21.1. The highest BCUT2D eigenvalue weighted by atomic mass is 19.1. The number of aliphatic hydroxyl groups is 1. The number of benzene rings is 2. The van der Waals surface area contributed by atoms with Gasteiger partial charge in [-0.1, -0.05) is 12.0 Å². The van der Waals surface area contributed by atoms with E-state index in [1.807, 2.05) is 0 Å². The van der Waals surface area contributed by atoms with Gasteiger partial charge in [0.1, 0.15) is 29.4 Å². The Morgan fingerprint density at radius 2 is 1.93 bits per heavy atom. The molecule has 0 radical (unpaired) electrons. The van der Waals surface area contributed by atoms with Gasteiger partial charge in [0.05, 0.1) is 41.6 Å². The molecule has 2 atom stereocenters. The number of aliphatic hydroxyl groups excluding tert-OH is 1. The summed E-state index contributed by atoms with van der Waals surface area (Å²) < 4.78 is 26.8. The Morgan fingerprint density at radius 1 is 1.15 bits per heavy atom. The Kier molecular flexibility index (Phi) is 6.10. The molecule has 3 aliphatic rings. The third-order valence-corrected chi connectivity index (χ3v) is 8.65. The number of hydrogen-bond donors (Lipinski definition) is 3. The summed E-state index contributed by atoms with van der Waals surface area (Å²) in [5.41, 5.74) is 1.39. The molecule has 0 bridgehead atoms. The van der Waals surface area contributed by atoms with Gasteiger partial charge in [-0.2, -0.15) is 9.97 Å². The summed E-state index contributed by atoms with van der Waals surface area (Å²) >= 11 is 0. The molecule has 210 valence electrons. The van der Waals surface area contributed by atoms with Crippen molar-refractivity contribution in [1.82, 2.24) is 19.9 Å². The number of aromatic hydroxyl groups is 1. The number of pyridine rings is 1. The number of hydrogen-bond acceptors (Lipinski definition) is 9. The van der Waals surface area contributed by atoms with Crippen LogP contribution in [0.1, 0.15) is 37.7 Å². The molecule has 4 aromatic rings. The smallest absolute Gasteiger partial charge is 0.319 e. The van der Waals surface area contributed by atoms with Crippen LogP contribution in [0, 0.1) is 18.2 Å². The van der Waals surface area contributed by atoms with Gasteiger partial charge >= 0.3 is 6.01 Å². The molecule has 10 heteroatoms. The fourth-order valence-corrected chi connectivity index (χ4v) is 6.49. The Labute approximate surface area is 236 Å². The Balaban J connectivity index is 1.38. The zero-order valence-corrected chi connectivity index (χ0v) is 22.7. The van der Waals surface area contributed by atoms with E-state index in [0.29, 0.717) is 51.8 Å². The molecule has 2 aromatic carbocycles. The lowest BCUT2D eigenvalue weighted by atomic mass is 9.95. The molecule has 2 aromatic heterocycles. The van der Waals surface area contributed by atoms with Crippen molar-refractivity contribution in [3.05, 3.63) is 41.7 Å². The van der Waals surface area contributed by atoms with E-state index in [4.69, 9.17) is 30.8 Å². The van der Waals surface area contributed by atoms with Gasteiger partial charge in [-0.15, -0.1) is 6.42 Å². The molecule has 9 nitrogen and oxygen atoms in total. The van der Waals surface area contributed by atoms with Crippen molar-refractivity contribution < 1.29 is 24.1 Å². The summed E-state index contributed by atoms with van der Waals surface area (Å²) in [6, 6.07) is 7.67. The van der Waals surface area contributed by atoms with Crippen LogP contribution in [0.4, 0.5) is 10.2 Å². The van der Waals surface area contributed by atoms with Crippen LogP contribution in [0.25, 0.3) is 32.9 Å². The number of rotatable bonds is 7. The highest BCUT2D eigenvalue weighted by Gasteiger charge is 2.45. The van der Waals surface area contributed by atoms with Gasteiger partial charge in [-0.25, -0.2) is 9.37 Å². The number of phenolic OH excluding ortho intramolecular Hbond substituents is 1. The Hall–Kier alpha value is -4.20. The van der Waals surface area contributed by atoms with Gasteiger partial charge in [-0.05, 0) is 74.8 Å². The summed E-state index contributed by atoms with van der Waals surface area (Å²) in [5, 5.41) is 25.4. The summed E-state index contributed by atoms with van der Waals surface area (Å²) in [4.78, 5) is 16.7. The molecule has 0 spiro atoms. The van der Waals surface area contributed by atoms with Gasteiger partial charge in [-0.3, -0.25) is 4.90 Å². The number of nitrogens with zero attached hydrogens (tertiary/aromatic N) is 4. The molecule has 7 rings (SSSR count). The molecular weight excluding hydrogens is 525 g/mol. The second kappa shape index (κ2) is 9.72. The molecule has 4 heterocycles. The number of anilines is 1. The molecule has 0 amide bonds. The molecule has 1 aliphatic carbocycles. The van der Waals surface area contributed by atoms with Crippen LogP contribution < -0.4 is 14.8 Å². The number of nitrogens with one attached hydrogen (secondary N) is 1. The van der Waals surface area contributed by atoms with E-state index in [0.717, 1.165) is 38.8 Å². The molecule has 2 aliphatic heterocycles. The van der Waals surface area contributed by atoms with Crippen LogP contribution in [0.3, 0.4) is 0 Å². The first kappa shape index (κ1) is 25.7. The van der Waals surface area contributed by atoms with Crippen molar-refractivity contribution in [3.63, 3.8) is 0 Å². The largest absolute Gasteiger partial charge is 0.508 e. The van der Waals surface area contributed by atoms with E-state index < -0.39 is 11.9 Å². The average molecular weight is 556 g/mol. The van der Waals surface area contributed by atoms with Gasteiger partial charge in [0.2, 0.25) is 5.88 Å². The average Bonchev–Trinajstić information content (AvgIpc) is 3.31. The first-order valence-corrected chi connectivity index (χ1v) is 13.9. The minimum atomic E-state index is -0.542. The first-order chi connectivity index (χ1) is 19.9. The summed E-state index contributed by atoms with van der Waals surface area (Å²) in [7, 11) is 1.49. The van der Waals surface area contributed by atoms with E-state index in [1.54, 1.807) is 12.1 Å². The lowest BCUT2D eigenvalue weighted by molar-refractivity contribution is 0.108. The maximum atomic E-state index is 14.8. The lowest BCUT2D eigenvalue weighted by Gasteiger charge is -2.31. The number of methoxy groups -OCH3 is 1. The van der Waals surface area contributed by atoms with Crippen molar-refractivity contribution in [1.29, 1.82) is 0 Å². The fourth-order valence-electron chi connectivity index (χ4n) is 6.49. The molecular formula is C31H30FN5O4. The second-order valence-electron chi connectivity index (χ2n) is 11.2. The standard InChI is InChI=1S/C31H30FN5O4/c1-3-19-21(32)7-6-17-12-18(38)13-20(26(17)19)22-14-24-27(29(34-22)40-2)28(33-23-15-25(23)39)36-30(35-24)41-16-31-8-4-10-37(31)11-5-9-31/h1,6-7,12-14,23,25,38-39H,4-5,8-11,15-16H2,2H3,(H,33,35,36). The molecule has 2 unspecified atom stereocenters. The number of halogens is 1. The van der Waals surface area contributed by atoms with Gasteiger partial charge < -0.3 is 25.0 Å². The zero-order valence-electron chi connectivity index (χ0n) is 22.7. The summed E-state index contributed by atoms with van der Waals surface area (Å²) in [6.45, 7) is 2.65. The number of terminal acetylenes is 1. The van der Waals surface area contributed by atoms with Crippen LogP contribution >= 0.6 is 0 Å². The van der Waals surface area contributed by atoms with E-state index in [9.17, 15) is 14.6 Å². The third-order valence-electron chi connectivity index (χ3n) is 8.65. The lowest BCUT2D eigenvalue weighted by Crippen LogP contribution is -2.43. The van der Waals surface area contributed by atoms with Crippen molar-refractivity contribution in [2.75, 3.05) is 32.1 Å². The van der Waals surface area contributed by atoms with Crippen LogP contribution in [0.5, 0.6) is 17.6 Å². The highest BCUT2D eigenvalue weighted by Crippen LogP contribution is 2.42. The highest BCUT2D eigenvalue weighted by molar-refractivity contribution is 6.03. The number of fused-ring (bicyclic) bond motifs is 3. The van der Waals surface area contributed by atoms with E-state index in [-0.39, 0.29) is 34.8 Å². The molecule has 3 fully saturated rings.